The average molecular weight is 1530 g/mol. The number of aryl methyl sites for hydroxylation is 5. The van der Waals surface area contributed by atoms with Crippen LogP contribution in [0.4, 0.5) is 0 Å². The molecule has 15 rings (SSSR count). The monoisotopic (exact) mass is 1530 g/mol. The van der Waals surface area contributed by atoms with Gasteiger partial charge in [-0.05, 0) is 221 Å². The van der Waals surface area contributed by atoms with Crippen molar-refractivity contribution in [2.24, 2.45) is 0 Å². The highest BCUT2D eigenvalue weighted by Gasteiger charge is 2.18. The highest BCUT2D eigenvalue weighted by molar-refractivity contribution is 5.76. The van der Waals surface area contributed by atoms with Gasteiger partial charge in [-0.1, -0.05) is 289 Å². The number of hydrogen-bond acceptors (Lipinski definition) is 11. The minimum absolute atomic E-state index is 0.0444. The van der Waals surface area contributed by atoms with Crippen molar-refractivity contribution in [3.8, 4) is 78.8 Å². The van der Waals surface area contributed by atoms with Gasteiger partial charge in [0.2, 0.25) is 0 Å². The number of aliphatic hydroxyl groups excluding tert-OH is 5. The molecular weight excluding hydrogens is 1420 g/mol. The van der Waals surface area contributed by atoms with Crippen LogP contribution in [0.3, 0.4) is 0 Å². The molecule has 0 radical (unpaired) electrons. The van der Waals surface area contributed by atoms with Crippen molar-refractivity contribution in [1.82, 2.24) is 4.98 Å². The Kier molecular flexibility index (Phi) is 32.4. The van der Waals surface area contributed by atoms with Crippen LogP contribution in [-0.4, -0.2) is 30.5 Å². The van der Waals surface area contributed by atoms with Crippen LogP contribution in [0.2, 0.25) is 0 Å². The molecule has 0 spiro atoms. The first kappa shape index (κ1) is 83.9. The van der Waals surface area contributed by atoms with Crippen molar-refractivity contribution in [3.63, 3.8) is 0 Å². The third kappa shape index (κ3) is 25.5. The van der Waals surface area contributed by atoms with Crippen molar-refractivity contribution in [1.29, 1.82) is 0 Å². The van der Waals surface area contributed by atoms with Gasteiger partial charge < -0.3 is 49.2 Å². The van der Waals surface area contributed by atoms with Gasteiger partial charge in [0.1, 0.15) is 49.4 Å². The van der Waals surface area contributed by atoms with E-state index < -0.39 is 0 Å². The fourth-order valence-corrected chi connectivity index (χ4v) is 13.2. The lowest BCUT2D eigenvalue weighted by Gasteiger charge is -2.22. The summed E-state index contributed by atoms with van der Waals surface area (Å²) >= 11 is 0. The Morgan fingerprint density at radius 1 is 0.261 bits per heavy atom. The zero-order valence-electron chi connectivity index (χ0n) is 66.6. The number of hydrogen-bond donors (Lipinski definition) is 5. The first-order valence-electron chi connectivity index (χ1n) is 39.8. The van der Waals surface area contributed by atoms with E-state index in [2.05, 4.69) is 185 Å². The first-order valence-corrected chi connectivity index (χ1v) is 39.8. The first-order chi connectivity index (χ1) is 56.4. The second-order valence-corrected chi connectivity index (χ2v) is 28.2. The SMILES string of the molecule is CCc1ccc(-c2ccc(OCc3cccc(CO)c3)cc2)cc1.CCc1ccc(-c2cccc(CO)c2)cc1.CCc1ccc(-c2cccc(OCc3cccc(CO)c3)c2)nc1.CCc1ccc2c(c1)OCc1cc(COCc3cccc(CO)c3)ccc1-2.CCc1cccc(-c2cccc(OCc3cccc(CO)c3)c2)c1. The Hall–Kier alpha value is -12.0. The van der Waals surface area contributed by atoms with E-state index in [-0.39, 0.29) is 33.0 Å². The van der Waals surface area contributed by atoms with E-state index in [9.17, 15) is 20.4 Å². The third-order valence-electron chi connectivity index (χ3n) is 20.0. The highest BCUT2D eigenvalue weighted by atomic mass is 16.5. The van der Waals surface area contributed by atoms with E-state index in [0.717, 1.165) is 133 Å². The molecule has 13 aromatic carbocycles. The maximum atomic E-state index is 9.22. The third-order valence-corrected chi connectivity index (χ3v) is 20.0. The number of ether oxygens (including phenoxy) is 5. The Morgan fingerprint density at radius 2 is 0.600 bits per heavy atom. The van der Waals surface area contributed by atoms with Gasteiger partial charge in [0.15, 0.2) is 0 Å². The lowest BCUT2D eigenvalue weighted by Crippen LogP contribution is -2.07. The Labute approximate surface area is 679 Å². The van der Waals surface area contributed by atoms with Crippen LogP contribution in [0.25, 0.3) is 55.8 Å². The average Bonchev–Trinajstić information content (AvgIpc) is 0.781. The number of aromatic nitrogens is 1. The van der Waals surface area contributed by atoms with E-state index >= 15 is 0 Å². The van der Waals surface area contributed by atoms with Crippen LogP contribution in [0.1, 0.15) is 124 Å². The predicted octanol–water partition coefficient (Wildman–Crippen LogP) is 22.8. The van der Waals surface area contributed by atoms with Crippen LogP contribution in [0.15, 0.2) is 322 Å². The largest absolute Gasteiger partial charge is 0.489 e. The summed E-state index contributed by atoms with van der Waals surface area (Å²) in [6.45, 7) is 14.2. The molecule has 0 unspecified atom stereocenters. The van der Waals surface area contributed by atoms with Gasteiger partial charge in [-0.15, -0.1) is 0 Å². The zero-order chi connectivity index (χ0) is 80.4. The number of fused-ring (bicyclic) bond motifs is 3. The van der Waals surface area contributed by atoms with E-state index in [1.807, 2.05) is 176 Å². The molecule has 0 aliphatic carbocycles. The molecule has 1 aliphatic heterocycles. The summed E-state index contributed by atoms with van der Waals surface area (Å²) in [4.78, 5) is 4.52. The second kappa shape index (κ2) is 44.4. The quantitative estimate of drug-likeness (QED) is 0.0333. The number of rotatable bonds is 27. The minimum atomic E-state index is 0.0444. The molecule has 586 valence electrons. The summed E-state index contributed by atoms with van der Waals surface area (Å²) in [7, 11) is 0. The van der Waals surface area contributed by atoms with Crippen LogP contribution in [-0.2, 0) is 110 Å². The van der Waals surface area contributed by atoms with Crippen molar-refractivity contribution < 1.29 is 49.2 Å². The van der Waals surface area contributed by atoms with E-state index in [0.29, 0.717) is 39.6 Å². The summed E-state index contributed by atoms with van der Waals surface area (Å²) < 4.78 is 29.5. The van der Waals surface area contributed by atoms with E-state index in [4.69, 9.17) is 28.8 Å². The van der Waals surface area contributed by atoms with Crippen LogP contribution < -0.4 is 18.9 Å². The summed E-state index contributed by atoms with van der Waals surface area (Å²) in [6, 6.07) is 107. The fraction of sp³-hybridized carbons (Fsp3) is 0.202. The number of aliphatic hydroxyl groups is 5. The Morgan fingerprint density at radius 3 is 1.08 bits per heavy atom. The standard InChI is InChI=1S/C24H24O3.2C22H22O2.C21H21NO2.C15H16O/c1-2-17-6-9-23-22-8-7-20(11-21(22)16-27-24(23)12-17)15-26-14-19-5-3-4-18(10-19)13-25;1-2-17-6-4-9-20(13-17)21-10-5-11-22(14-21)24-16-19-8-3-7-18(12-19)15-23;1-2-17-6-8-20(9-7-17)21-10-12-22(13-11-21)24-16-19-5-3-4-18(14-19)15-23;1-2-16-9-10-21(22-13-16)19-7-4-8-20(12-19)24-15-18-6-3-5-17(11-18)14-23;1-2-12-6-8-14(9-7-12)15-5-3-4-13(10-15)11-16/h3-12,25H,2,13-16H2,1H3;2*3-14,23H,2,15-16H2,1H3;3-13,23H,2,14-15H2,1H3;3-10,16H,2,11H2,1H3. The second-order valence-electron chi connectivity index (χ2n) is 28.2. The molecule has 0 bridgehead atoms. The van der Waals surface area contributed by atoms with Gasteiger partial charge in [-0.2, -0.15) is 0 Å². The molecule has 2 heterocycles. The molecule has 1 aliphatic rings. The number of benzene rings is 13. The van der Waals surface area contributed by atoms with Crippen molar-refractivity contribution in [2.45, 2.75) is 139 Å². The summed E-state index contributed by atoms with van der Waals surface area (Å²) in [5, 5.41) is 45.9. The molecule has 1 aromatic heterocycles. The van der Waals surface area contributed by atoms with Crippen LogP contribution >= 0.6 is 0 Å². The van der Waals surface area contributed by atoms with Crippen molar-refractivity contribution in [2.75, 3.05) is 0 Å². The smallest absolute Gasteiger partial charge is 0.127 e. The summed E-state index contributed by atoms with van der Waals surface area (Å²) in [5.41, 5.74) is 29.2. The maximum absolute atomic E-state index is 9.22. The van der Waals surface area contributed by atoms with Gasteiger partial charge in [-0.3, -0.25) is 4.98 Å². The summed E-state index contributed by atoms with van der Waals surface area (Å²) in [5.74, 6) is 3.49. The molecule has 11 heteroatoms. The molecule has 115 heavy (non-hydrogen) atoms. The molecule has 0 fully saturated rings. The van der Waals surface area contributed by atoms with Crippen molar-refractivity contribution >= 4 is 0 Å². The highest BCUT2D eigenvalue weighted by Crippen LogP contribution is 2.39. The van der Waals surface area contributed by atoms with Gasteiger partial charge >= 0.3 is 0 Å². The van der Waals surface area contributed by atoms with Gasteiger partial charge in [-0.25, -0.2) is 0 Å². The molecule has 0 saturated heterocycles. The molecule has 0 saturated carbocycles. The van der Waals surface area contributed by atoms with E-state index in [1.165, 1.54) is 66.8 Å². The number of nitrogens with zero attached hydrogens (tertiary/aromatic N) is 1. The zero-order valence-corrected chi connectivity index (χ0v) is 66.6. The van der Waals surface area contributed by atoms with Gasteiger partial charge in [0.25, 0.3) is 0 Å². The maximum Gasteiger partial charge on any atom is 0.127 e. The van der Waals surface area contributed by atoms with Crippen LogP contribution in [0, 0.1) is 0 Å². The van der Waals surface area contributed by atoms with Gasteiger partial charge in [0.05, 0.1) is 51.9 Å². The molecule has 5 N–H and O–H groups in total. The van der Waals surface area contributed by atoms with Crippen LogP contribution in [0.5, 0.6) is 23.0 Å². The minimum Gasteiger partial charge on any atom is -0.489 e. The predicted molar refractivity (Wildman–Crippen MR) is 465 cm³/mol. The van der Waals surface area contributed by atoms with Gasteiger partial charge in [0, 0.05) is 17.3 Å². The van der Waals surface area contributed by atoms with Crippen molar-refractivity contribution in [3.05, 3.63) is 411 Å². The lowest BCUT2D eigenvalue weighted by molar-refractivity contribution is 0.107. The molecule has 11 nitrogen and oxygen atoms in total. The molecule has 14 aromatic rings. The Balaban J connectivity index is 0.000000143. The normalized spacial score (nSPS) is 10.9. The molecule has 0 atom stereocenters. The summed E-state index contributed by atoms with van der Waals surface area (Å²) in [6.07, 6.45) is 7.08. The molecule has 0 amide bonds. The topological polar surface area (TPSA) is 160 Å². The lowest BCUT2D eigenvalue weighted by atomic mass is 9.94. The molecular formula is C104H105NO10. The Bertz CT molecular complexity index is 5310. The van der Waals surface area contributed by atoms with E-state index in [1.54, 1.807) is 0 Å². The number of pyridine rings is 1. The fourth-order valence-electron chi connectivity index (χ4n) is 13.2.